The first-order chi connectivity index (χ1) is 14.9. The molecule has 0 bridgehead atoms. The first-order valence-electron chi connectivity index (χ1n) is 9.58. The van der Waals surface area contributed by atoms with Gasteiger partial charge in [-0.05, 0) is 44.5 Å². The predicted molar refractivity (Wildman–Crippen MR) is 125 cm³/mol. The molecule has 3 rings (SSSR count). The van der Waals surface area contributed by atoms with Gasteiger partial charge in [0.25, 0.3) is 0 Å². The molecule has 0 saturated carbocycles. The van der Waals surface area contributed by atoms with Crippen LogP contribution in [0.25, 0.3) is 0 Å². The van der Waals surface area contributed by atoms with Gasteiger partial charge < -0.3 is 15.4 Å². The van der Waals surface area contributed by atoms with Gasteiger partial charge in [0.15, 0.2) is 4.34 Å². The van der Waals surface area contributed by atoms with Crippen molar-refractivity contribution >= 4 is 51.5 Å². The molecular formula is C21H23N5O3S2. The van der Waals surface area contributed by atoms with Gasteiger partial charge in [-0.1, -0.05) is 52.9 Å². The number of para-hydroxylation sites is 2. The Balaban J connectivity index is 1.49. The zero-order chi connectivity index (χ0) is 22.2. The van der Waals surface area contributed by atoms with E-state index in [1.165, 1.54) is 23.1 Å². The molecule has 0 fully saturated rings. The lowest BCUT2D eigenvalue weighted by Crippen LogP contribution is -2.35. The van der Waals surface area contributed by atoms with Crippen molar-refractivity contribution in [2.24, 2.45) is 0 Å². The molecule has 3 aromatic rings. The van der Waals surface area contributed by atoms with Crippen LogP contribution in [0.3, 0.4) is 0 Å². The summed E-state index contributed by atoms with van der Waals surface area (Å²) < 4.78 is 6.20. The lowest BCUT2D eigenvalue weighted by Gasteiger charge is -2.09. The number of nitrogens with one attached hydrogen (secondary N) is 3. The van der Waals surface area contributed by atoms with Gasteiger partial charge in [-0.2, -0.15) is 0 Å². The molecule has 10 heteroatoms. The van der Waals surface area contributed by atoms with Crippen molar-refractivity contribution < 1.29 is 14.3 Å². The van der Waals surface area contributed by atoms with Crippen LogP contribution in [0.5, 0.6) is 5.75 Å². The average molecular weight is 458 g/mol. The Morgan fingerprint density at radius 2 is 1.90 bits per heavy atom. The number of nitrogens with zero attached hydrogens (tertiary/aromatic N) is 2. The third kappa shape index (κ3) is 6.69. The van der Waals surface area contributed by atoms with E-state index < -0.39 is 11.9 Å². The van der Waals surface area contributed by atoms with Gasteiger partial charge in [-0.25, -0.2) is 4.79 Å². The van der Waals surface area contributed by atoms with Crippen molar-refractivity contribution in [3.8, 4) is 5.75 Å². The van der Waals surface area contributed by atoms with Gasteiger partial charge in [0, 0.05) is 5.69 Å². The maximum absolute atomic E-state index is 12.1. The second-order valence-corrected chi connectivity index (χ2v) is 8.74. The number of hydrogen-bond donors (Lipinski definition) is 3. The normalized spacial score (nSPS) is 10.4. The maximum atomic E-state index is 12.1. The number of ether oxygens (including phenoxy) is 1. The molecule has 0 spiro atoms. The molecule has 0 atom stereocenters. The predicted octanol–water partition coefficient (Wildman–Crippen LogP) is 4.74. The summed E-state index contributed by atoms with van der Waals surface area (Å²) in [6.45, 7) is 6.35. The lowest BCUT2D eigenvalue weighted by atomic mass is 10.1. The second kappa shape index (κ2) is 10.8. The summed E-state index contributed by atoms with van der Waals surface area (Å²) in [4.78, 5) is 24.2. The lowest BCUT2D eigenvalue weighted by molar-refractivity contribution is -0.117. The number of rotatable bonds is 8. The van der Waals surface area contributed by atoms with E-state index in [9.17, 15) is 9.59 Å². The Kier molecular flexibility index (Phi) is 7.85. The highest BCUT2D eigenvalue weighted by Gasteiger charge is 2.13. The molecule has 31 heavy (non-hydrogen) atoms. The molecule has 0 aliphatic heterocycles. The topological polar surface area (TPSA) is 105 Å². The average Bonchev–Trinajstić information content (AvgIpc) is 3.18. The number of benzene rings is 2. The number of hydrogen-bond acceptors (Lipinski definition) is 8. The molecule has 162 valence electrons. The van der Waals surface area contributed by atoms with Crippen molar-refractivity contribution in [1.82, 2.24) is 15.5 Å². The van der Waals surface area contributed by atoms with Crippen molar-refractivity contribution in [1.29, 1.82) is 0 Å². The summed E-state index contributed by atoms with van der Waals surface area (Å²) in [5.41, 5.74) is 3.48. The number of amides is 3. The van der Waals surface area contributed by atoms with Gasteiger partial charge in [0.05, 0.1) is 18.0 Å². The second-order valence-electron chi connectivity index (χ2n) is 6.54. The monoisotopic (exact) mass is 457 g/mol. The van der Waals surface area contributed by atoms with E-state index in [2.05, 4.69) is 26.1 Å². The summed E-state index contributed by atoms with van der Waals surface area (Å²) in [5, 5.41) is 16.9. The molecule has 3 amide bonds. The molecule has 1 aromatic heterocycles. The highest BCUT2D eigenvalue weighted by Crippen LogP contribution is 2.31. The fraction of sp³-hybridized carbons (Fsp3) is 0.238. The number of carbonyl (C=O) groups is 2. The van der Waals surface area contributed by atoms with Gasteiger partial charge in [0.2, 0.25) is 11.0 Å². The van der Waals surface area contributed by atoms with E-state index in [1.807, 2.05) is 63.2 Å². The molecule has 0 unspecified atom stereocenters. The molecule has 1 heterocycles. The maximum Gasteiger partial charge on any atom is 0.325 e. The van der Waals surface area contributed by atoms with E-state index in [-0.39, 0.29) is 5.75 Å². The molecule has 3 N–H and O–H groups in total. The van der Waals surface area contributed by atoms with E-state index in [0.717, 1.165) is 22.6 Å². The molecule has 2 aromatic carbocycles. The Bertz CT molecular complexity index is 1070. The van der Waals surface area contributed by atoms with E-state index in [4.69, 9.17) is 4.74 Å². The first-order valence-corrected chi connectivity index (χ1v) is 11.4. The summed E-state index contributed by atoms with van der Waals surface area (Å²) in [6.07, 6.45) is 0. The minimum absolute atomic E-state index is 0.0461. The Morgan fingerprint density at radius 3 is 2.68 bits per heavy atom. The van der Waals surface area contributed by atoms with Crippen LogP contribution in [-0.4, -0.2) is 34.5 Å². The Hall–Kier alpha value is -3.11. The SMILES string of the molecule is CCOc1ccccc1Nc1nnc(SCC(=O)NC(=O)Nc2ccc(C)cc2C)s1. The van der Waals surface area contributed by atoms with Crippen LogP contribution in [0.4, 0.5) is 21.3 Å². The number of aryl methyl sites for hydroxylation is 2. The van der Waals surface area contributed by atoms with E-state index in [1.54, 1.807) is 0 Å². The Labute approximate surface area is 188 Å². The molecule has 8 nitrogen and oxygen atoms in total. The minimum atomic E-state index is -0.565. The van der Waals surface area contributed by atoms with Crippen LogP contribution in [-0.2, 0) is 4.79 Å². The summed E-state index contributed by atoms with van der Waals surface area (Å²) in [6, 6.07) is 12.7. The summed E-state index contributed by atoms with van der Waals surface area (Å²) >= 11 is 2.52. The molecule has 0 radical (unpaired) electrons. The summed E-state index contributed by atoms with van der Waals surface area (Å²) in [7, 11) is 0. The minimum Gasteiger partial charge on any atom is -0.492 e. The number of aromatic nitrogens is 2. The van der Waals surface area contributed by atoms with Crippen molar-refractivity contribution in [2.45, 2.75) is 25.1 Å². The Morgan fingerprint density at radius 1 is 1.10 bits per heavy atom. The van der Waals surface area contributed by atoms with E-state index in [0.29, 0.717) is 21.8 Å². The highest BCUT2D eigenvalue weighted by molar-refractivity contribution is 8.01. The molecule has 0 aliphatic rings. The van der Waals surface area contributed by atoms with Gasteiger partial charge in [0.1, 0.15) is 5.75 Å². The number of thioether (sulfide) groups is 1. The highest BCUT2D eigenvalue weighted by atomic mass is 32.2. The smallest absolute Gasteiger partial charge is 0.325 e. The summed E-state index contributed by atoms with van der Waals surface area (Å²) in [5.74, 6) is 0.354. The quantitative estimate of drug-likeness (QED) is 0.420. The van der Waals surface area contributed by atoms with E-state index >= 15 is 0 Å². The zero-order valence-electron chi connectivity index (χ0n) is 17.4. The number of imide groups is 1. The number of anilines is 3. The number of urea groups is 1. The third-order valence-electron chi connectivity index (χ3n) is 4.04. The first kappa shape index (κ1) is 22.6. The zero-order valence-corrected chi connectivity index (χ0v) is 19.0. The van der Waals surface area contributed by atoms with Crippen molar-refractivity contribution in [3.05, 3.63) is 53.6 Å². The number of carbonyl (C=O) groups excluding carboxylic acids is 2. The third-order valence-corrected chi connectivity index (χ3v) is 6.02. The van der Waals surface area contributed by atoms with Crippen LogP contribution in [0.2, 0.25) is 0 Å². The van der Waals surface area contributed by atoms with Gasteiger partial charge >= 0.3 is 6.03 Å². The molecular weight excluding hydrogens is 434 g/mol. The fourth-order valence-electron chi connectivity index (χ4n) is 2.68. The van der Waals surface area contributed by atoms with Crippen LogP contribution < -0.4 is 20.7 Å². The van der Waals surface area contributed by atoms with Crippen LogP contribution in [0, 0.1) is 13.8 Å². The van der Waals surface area contributed by atoms with Crippen LogP contribution in [0.1, 0.15) is 18.1 Å². The molecule has 0 saturated heterocycles. The van der Waals surface area contributed by atoms with Crippen molar-refractivity contribution in [3.63, 3.8) is 0 Å². The largest absolute Gasteiger partial charge is 0.492 e. The van der Waals surface area contributed by atoms with Crippen LogP contribution >= 0.6 is 23.1 Å². The van der Waals surface area contributed by atoms with Crippen molar-refractivity contribution in [2.75, 3.05) is 23.0 Å². The van der Waals surface area contributed by atoms with Crippen LogP contribution in [0.15, 0.2) is 46.8 Å². The standard InChI is InChI=1S/C21H23N5O3S2/c1-4-29-17-8-6-5-7-16(17)23-20-25-26-21(31-20)30-12-18(27)24-19(28)22-15-10-9-13(2)11-14(15)3/h5-11H,4,12H2,1-3H3,(H,23,25)(H2,22,24,27,28). The van der Waals surface area contributed by atoms with Gasteiger partial charge in [-0.3, -0.25) is 10.1 Å². The fourth-order valence-corrected chi connectivity index (χ4v) is 4.25. The molecule has 0 aliphatic carbocycles. The van der Waals surface area contributed by atoms with Gasteiger partial charge in [-0.15, -0.1) is 10.2 Å².